The zero-order valence-corrected chi connectivity index (χ0v) is 13.2. The van der Waals surface area contributed by atoms with Crippen LogP contribution in [0.2, 0.25) is 0 Å². The number of rotatable bonds is 6. The van der Waals surface area contributed by atoms with Crippen LogP contribution in [0.4, 0.5) is 11.5 Å². The van der Waals surface area contributed by atoms with Crippen molar-refractivity contribution in [2.75, 3.05) is 37.7 Å². The molecule has 0 aliphatic carbocycles. The molecule has 0 saturated carbocycles. The predicted octanol–water partition coefficient (Wildman–Crippen LogP) is 2.10. The number of nitrogens with two attached hydrogens (primary N) is 1. The van der Waals surface area contributed by atoms with E-state index in [0.717, 1.165) is 42.5 Å². The highest BCUT2D eigenvalue weighted by atomic mass is 15.3. The van der Waals surface area contributed by atoms with Crippen molar-refractivity contribution in [3.05, 3.63) is 5.69 Å². The first-order valence-electron chi connectivity index (χ1n) is 7.85. The number of nitrogen functional groups attached to an aromatic ring is 1. The van der Waals surface area contributed by atoms with Crippen molar-refractivity contribution < 1.29 is 0 Å². The van der Waals surface area contributed by atoms with Gasteiger partial charge in [0.2, 0.25) is 0 Å². The van der Waals surface area contributed by atoms with Gasteiger partial charge in [-0.2, -0.15) is 5.10 Å². The van der Waals surface area contributed by atoms with Crippen molar-refractivity contribution in [3.63, 3.8) is 0 Å². The third kappa shape index (κ3) is 3.66. The number of anilines is 2. The van der Waals surface area contributed by atoms with Gasteiger partial charge in [0, 0.05) is 13.6 Å². The molecule has 1 aromatic rings. The molecule has 5 heteroatoms. The second-order valence-corrected chi connectivity index (χ2v) is 6.04. The van der Waals surface area contributed by atoms with E-state index in [-0.39, 0.29) is 0 Å². The minimum absolute atomic E-state index is 0.831. The Hall–Kier alpha value is -1.23. The van der Waals surface area contributed by atoms with Crippen molar-refractivity contribution >= 4 is 11.5 Å². The largest absolute Gasteiger partial charge is 0.394 e. The Morgan fingerprint density at radius 1 is 1.30 bits per heavy atom. The average molecular weight is 279 g/mol. The van der Waals surface area contributed by atoms with E-state index in [2.05, 4.69) is 29.3 Å². The van der Waals surface area contributed by atoms with Gasteiger partial charge in [-0.25, -0.2) is 0 Å². The van der Waals surface area contributed by atoms with Gasteiger partial charge in [-0.3, -0.25) is 4.68 Å². The third-order valence-electron chi connectivity index (χ3n) is 4.33. The van der Waals surface area contributed by atoms with Gasteiger partial charge in [-0.15, -0.1) is 0 Å². The van der Waals surface area contributed by atoms with Gasteiger partial charge in [0.1, 0.15) is 5.82 Å². The van der Waals surface area contributed by atoms with Crippen LogP contribution in [0.5, 0.6) is 0 Å². The first-order valence-corrected chi connectivity index (χ1v) is 7.85. The first-order chi connectivity index (χ1) is 9.61. The molecule has 2 rings (SSSR count). The van der Waals surface area contributed by atoms with Crippen LogP contribution in [0.25, 0.3) is 0 Å². The molecule has 20 heavy (non-hydrogen) atoms. The highest BCUT2D eigenvalue weighted by Gasteiger charge is 2.17. The molecular formula is C15H29N5. The van der Waals surface area contributed by atoms with Gasteiger partial charge >= 0.3 is 0 Å². The maximum atomic E-state index is 6.18. The van der Waals surface area contributed by atoms with Gasteiger partial charge < -0.3 is 16.0 Å². The summed E-state index contributed by atoms with van der Waals surface area (Å²) < 4.78 is 1.88. The Kier molecular flexibility index (Phi) is 5.29. The number of nitrogens with one attached hydrogen (secondary N) is 1. The summed E-state index contributed by atoms with van der Waals surface area (Å²) >= 11 is 0. The Morgan fingerprint density at radius 3 is 2.65 bits per heavy atom. The minimum atomic E-state index is 0.831. The summed E-state index contributed by atoms with van der Waals surface area (Å²) in [6.07, 6.45) is 5.90. The molecule has 1 fully saturated rings. The molecule has 0 atom stereocenters. The van der Waals surface area contributed by atoms with E-state index in [1.54, 1.807) is 0 Å². The Balaban J connectivity index is 1.82. The summed E-state index contributed by atoms with van der Waals surface area (Å²) in [5.74, 6) is 1.84. The van der Waals surface area contributed by atoms with Crippen LogP contribution in [0, 0.1) is 5.92 Å². The number of piperidine rings is 1. The summed E-state index contributed by atoms with van der Waals surface area (Å²) in [4.78, 5) is 2.42. The topological polar surface area (TPSA) is 59.1 Å². The van der Waals surface area contributed by atoms with Crippen LogP contribution in [0.15, 0.2) is 0 Å². The van der Waals surface area contributed by atoms with E-state index in [9.17, 15) is 0 Å². The summed E-state index contributed by atoms with van der Waals surface area (Å²) in [6.45, 7) is 5.61. The maximum absolute atomic E-state index is 6.18. The van der Waals surface area contributed by atoms with Gasteiger partial charge in [0.25, 0.3) is 0 Å². The van der Waals surface area contributed by atoms with Crippen LogP contribution in [-0.2, 0) is 13.5 Å². The molecule has 5 nitrogen and oxygen atoms in total. The molecule has 1 aromatic heterocycles. The number of aromatic nitrogens is 2. The molecule has 1 aliphatic rings. The Morgan fingerprint density at radius 2 is 2.00 bits per heavy atom. The van der Waals surface area contributed by atoms with E-state index in [1.165, 1.54) is 32.4 Å². The zero-order chi connectivity index (χ0) is 14.5. The molecule has 3 N–H and O–H groups in total. The monoisotopic (exact) mass is 279 g/mol. The standard InChI is InChI=1S/C15H29N5/c1-4-5-13-14(16)15(20(3)18-13)17-9-6-12-7-10-19(2)11-8-12/h12,17H,4-11,16H2,1-3H3. The number of nitrogens with zero attached hydrogens (tertiary/aromatic N) is 3. The zero-order valence-electron chi connectivity index (χ0n) is 13.2. The highest BCUT2D eigenvalue weighted by Crippen LogP contribution is 2.24. The van der Waals surface area contributed by atoms with Crippen LogP contribution < -0.4 is 11.1 Å². The van der Waals surface area contributed by atoms with Gasteiger partial charge in [0.15, 0.2) is 0 Å². The van der Waals surface area contributed by atoms with Crippen molar-refractivity contribution in [1.82, 2.24) is 14.7 Å². The molecule has 114 valence electrons. The first kappa shape index (κ1) is 15.2. The number of hydrogen-bond donors (Lipinski definition) is 2. The van der Waals surface area contributed by atoms with Gasteiger partial charge in [-0.1, -0.05) is 13.3 Å². The van der Waals surface area contributed by atoms with Crippen molar-refractivity contribution in [2.45, 2.75) is 39.0 Å². The molecular weight excluding hydrogens is 250 g/mol. The van der Waals surface area contributed by atoms with Crippen molar-refractivity contribution in [1.29, 1.82) is 0 Å². The lowest BCUT2D eigenvalue weighted by Crippen LogP contribution is -2.31. The number of hydrogen-bond acceptors (Lipinski definition) is 4. The summed E-state index contributed by atoms with van der Waals surface area (Å²) in [6, 6.07) is 0. The molecule has 0 bridgehead atoms. The predicted molar refractivity (Wildman–Crippen MR) is 84.9 cm³/mol. The van der Waals surface area contributed by atoms with E-state index in [4.69, 9.17) is 5.73 Å². The lowest BCUT2D eigenvalue weighted by Gasteiger charge is -2.28. The molecule has 0 amide bonds. The number of likely N-dealkylation sites (tertiary alicyclic amines) is 1. The summed E-state index contributed by atoms with van der Waals surface area (Å²) in [5.41, 5.74) is 8.03. The second-order valence-electron chi connectivity index (χ2n) is 6.04. The molecule has 0 radical (unpaired) electrons. The van der Waals surface area contributed by atoms with Crippen LogP contribution in [0.1, 0.15) is 38.3 Å². The quantitative estimate of drug-likeness (QED) is 0.837. The van der Waals surface area contributed by atoms with E-state index in [0.29, 0.717) is 0 Å². The third-order valence-corrected chi connectivity index (χ3v) is 4.33. The normalized spacial score (nSPS) is 17.6. The average Bonchev–Trinajstić information content (AvgIpc) is 2.69. The van der Waals surface area contributed by atoms with Crippen molar-refractivity contribution in [2.24, 2.45) is 13.0 Å². The highest BCUT2D eigenvalue weighted by molar-refractivity contribution is 5.64. The van der Waals surface area contributed by atoms with E-state index in [1.807, 2.05) is 11.7 Å². The van der Waals surface area contributed by atoms with E-state index < -0.39 is 0 Å². The van der Waals surface area contributed by atoms with E-state index >= 15 is 0 Å². The molecule has 2 heterocycles. The molecule has 0 aromatic carbocycles. The summed E-state index contributed by atoms with van der Waals surface area (Å²) in [5, 5.41) is 7.98. The second kappa shape index (κ2) is 6.97. The van der Waals surface area contributed by atoms with Crippen molar-refractivity contribution in [3.8, 4) is 0 Å². The SMILES string of the molecule is CCCc1nn(C)c(NCCC2CCN(C)CC2)c1N. The molecule has 0 unspecified atom stereocenters. The lowest BCUT2D eigenvalue weighted by molar-refractivity contribution is 0.215. The Labute approximate surface area is 122 Å². The van der Waals surface area contributed by atoms with Crippen LogP contribution >= 0.6 is 0 Å². The van der Waals surface area contributed by atoms with Gasteiger partial charge in [0.05, 0.1) is 11.4 Å². The minimum Gasteiger partial charge on any atom is -0.394 e. The lowest BCUT2D eigenvalue weighted by atomic mass is 9.94. The molecule has 1 saturated heterocycles. The number of aryl methyl sites for hydroxylation is 2. The molecule has 1 aliphatic heterocycles. The fourth-order valence-electron chi connectivity index (χ4n) is 2.97. The van der Waals surface area contributed by atoms with Gasteiger partial charge in [-0.05, 0) is 51.7 Å². The summed E-state index contributed by atoms with van der Waals surface area (Å²) in [7, 11) is 4.17. The fourth-order valence-corrected chi connectivity index (χ4v) is 2.97. The smallest absolute Gasteiger partial charge is 0.147 e. The van der Waals surface area contributed by atoms with Crippen LogP contribution in [-0.4, -0.2) is 41.4 Å². The molecule has 0 spiro atoms. The fraction of sp³-hybridized carbons (Fsp3) is 0.800. The Bertz CT molecular complexity index is 418. The maximum Gasteiger partial charge on any atom is 0.147 e. The van der Waals surface area contributed by atoms with Crippen LogP contribution in [0.3, 0.4) is 0 Å².